The molecule has 2 aromatic heterocycles. The molecule has 0 aliphatic heterocycles. The van der Waals surface area contributed by atoms with E-state index >= 15 is 0 Å². The van der Waals surface area contributed by atoms with Gasteiger partial charge in [0.15, 0.2) is 5.69 Å². The van der Waals surface area contributed by atoms with Crippen LogP contribution in [0.25, 0.3) is 16.6 Å². The lowest BCUT2D eigenvalue weighted by Gasteiger charge is -2.03. The number of pyridine rings is 1. The second kappa shape index (κ2) is 3.56. The Kier molecular flexibility index (Phi) is 2.16. The van der Waals surface area contributed by atoms with E-state index in [0.29, 0.717) is 5.65 Å². The molecule has 0 atom stereocenters. The third-order valence-electron chi connectivity index (χ3n) is 2.62. The fourth-order valence-electron chi connectivity index (χ4n) is 1.88. The Bertz CT molecular complexity index is 749. The lowest BCUT2D eigenvalue weighted by atomic mass is 10.2. The molecular weight excluding hydrogens is 284 g/mol. The van der Waals surface area contributed by atoms with E-state index in [2.05, 4.69) is 20.9 Å². The second-order valence-electron chi connectivity index (χ2n) is 3.67. The van der Waals surface area contributed by atoms with Crippen LogP contribution in [0.5, 0.6) is 0 Å². The maximum Gasteiger partial charge on any atom is 0.356 e. The Hall–Kier alpha value is -1.88. The first-order valence-electron chi connectivity index (χ1n) is 4.96. The van der Waals surface area contributed by atoms with Crippen molar-refractivity contribution in [1.82, 2.24) is 9.38 Å². The predicted molar refractivity (Wildman–Crippen MR) is 67.4 cm³/mol. The minimum atomic E-state index is -1.02. The number of carboxylic acid groups (broad SMARTS) is 1. The van der Waals surface area contributed by atoms with E-state index in [-0.39, 0.29) is 5.69 Å². The van der Waals surface area contributed by atoms with Gasteiger partial charge < -0.3 is 5.11 Å². The molecule has 17 heavy (non-hydrogen) atoms. The van der Waals surface area contributed by atoms with Gasteiger partial charge in [0.05, 0.1) is 5.52 Å². The molecule has 4 nitrogen and oxygen atoms in total. The molecule has 0 radical (unpaired) electrons. The third kappa shape index (κ3) is 1.51. The van der Waals surface area contributed by atoms with Gasteiger partial charge in [0.25, 0.3) is 0 Å². The highest BCUT2D eigenvalue weighted by molar-refractivity contribution is 9.10. The van der Waals surface area contributed by atoms with E-state index in [0.717, 1.165) is 15.4 Å². The first-order chi connectivity index (χ1) is 8.16. The summed E-state index contributed by atoms with van der Waals surface area (Å²) in [7, 11) is 0. The molecule has 0 fully saturated rings. The number of hydrogen-bond acceptors (Lipinski definition) is 2. The standard InChI is InChI=1S/C12H7BrN2O2/c13-8-3-1-2-7-4-5-10-14-9(12(16)17)6-15(10)11(7)8/h1-6H,(H,16,17). The number of halogens is 1. The van der Waals surface area contributed by atoms with Gasteiger partial charge in [-0.15, -0.1) is 0 Å². The monoisotopic (exact) mass is 290 g/mol. The number of para-hydroxylation sites is 1. The Balaban J connectivity index is 2.50. The normalized spacial score (nSPS) is 11.1. The summed E-state index contributed by atoms with van der Waals surface area (Å²) in [5.74, 6) is -1.02. The van der Waals surface area contributed by atoms with Crippen molar-refractivity contribution in [3.63, 3.8) is 0 Å². The minimum absolute atomic E-state index is 0.0493. The molecule has 0 aliphatic rings. The second-order valence-corrected chi connectivity index (χ2v) is 4.52. The highest BCUT2D eigenvalue weighted by atomic mass is 79.9. The van der Waals surface area contributed by atoms with Crippen LogP contribution in [-0.2, 0) is 0 Å². The van der Waals surface area contributed by atoms with Crippen LogP contribution in [0.4, 0.5) is 0 Å². The number of hydrogen-bond donors (Lipinski definition) is 1. The average Bonchev–Trinajstić information content (AvgIpc) is 2.73. The summed E-state index contributed by atoms with van der Waals surface area (Å²) in [5.41, 5.74) is 1.60. The predicted octanol–water partition coefficient (Wildman–Crippen LogP) is 2.95. The number of imidazole rings is 1. The summed E-state index contributed by atoms with van der Waals surface area (Å²) in [5, 5.41) is 9.97. The van der Waals surface area contributed by atoms with Crippen LogP contribution in [0.1, 0.15) is 10.5 Å². The largest absolute Gasteiger partial charge is 0.476 e. The van der Waals surface area contributed by atoms with Gasteiger partial charge >= 0.3 is 5.97 Å². The van der Waals surface area contributed by atoms with Crippen molar-refractivity contribution in [2.45, 2.75) is 0 Å². The number of benzene rings is 1. The van der Waals surface area contributed by atoms with Gasteiger partial charge in [-0.1, -0.05) is 12.1 Å². The lowest BCUT2D eigenvalue weighted by Crippen LogP contribution is -1.94. The number of carbonyl (C=O) groups is 1. The van der Waals surface area contributed by atoms with Crippen LogP contribution in [0.3, 0.4) is 0 Å². The molecule has 1 aromatic carbocycles. The quantitative estimate of drug-likeness (QED) is 0.750. The molecule has 3 aromatic rings. The van der Waals surface area contributed by atoms with Gasteiger partial charge in [-0.3, -0.25) is 4.40 Å². The number of aromatic carboxylic acids is 1. The van der Waals surface area contributed by atoms with Crippen molar-refractivity contribution >= 4 is 38.4 Å². The highest BCUT2D eigenvalue weighted by Crippen LogP contribution is 2.25. The van der Waals surface area contributed by atoms with Gasteiger partial charge in [0, 0.05) is 10.7 Å². The van der Waals surface area contributed by atoms with Crippen LogP contribution in [0.15, 0.2) is 41.0 Å². The van der Waals surface area contributed by atoms with Gasteiger partial charge in [-0.05, 0) is 39.5 Å². The zero-order valence-corrected chi connectivity index (χ0v) is 10.2. The van der Waals surface area contributed by atoms with Crippen molar-refractivity contribution in [3.8, 4) is 0 Å². The van der Waals surface area contributed by atoms with Gasteiger partial charge in [-0.2, -0.15) is 0 Å². The van der Waals surface area contributed by atoms with E-state index in [1.54, 1.807) is 10.5 Å². The van der Waals surface area contributed by atoms with Crippen molar-refractivity contribution in [3.05, 3.63) is 46.7 Å². The highest BCUT2D eigenvalue weighted by Gasteiger charge is 2.11. The minimum Gasteiger partial charge on any atom is -0.476 e. The van der Waals surface area contributed by atoms with Gasteiger partial charge in [0.1, 0.15) is 5.65 Å². The third-order valence-corrected chi connectivity index (χ3v) is 3.26. The van der Waals surface area contributed by atoms with Crippen LogP contribution in [-0.4, -0.2) is 20.5 Å². The molecule has 0 amide bonds. The topological polar surface area (TPSA) is 54.6 Å². The molecule has 2 heterocycles. The van der Waals surface area contributed by atoms with E-state index in [1.165, 1.54) is 6.20 Å². The number of fused-ring (bicyclic) bond motifs is 3. The first kappa shape index (κ1) is 10.3. The molecule has 1 N–H and O–H groups in total. The van der Waals surface area contributed by atoms with E-state index in [4.69, 9.17) is 5.11 Å². The molecular formula is C12H7BrN2O2. The van der Waals surface area contributed by atoms with Crippen molar-refractivity contribution in [1.29, 1.82) is 0 Å². The fraction of sp³-hybridized carbons (Fsp3) is 0. The van der Waals surface area contributed by atoms with Crippen LogP contribution in [0, 0.1) is 0 Å². The summed E-state index contributed by atoms with van der Waals surface area (Å²) in [6, 6.07) is 9.56. The Morgan fingerprint density at radius 1 is 1.29 bits per heavy atom. The number of nitrogens with zero attached hydrogens (tertiary/aromatic N) is 2. The Morgan fingerprint density at radius 3 is 2.88 bits per heavy atom. The molecule has 0 saturated carbocycles. The van der Waals surface area contributed by atoms with E-state index < -0.39 is 5.97 Å². The van der Waals surface area contributed by atoms with Crippen molar-refractivity contribution < 1.29 is 9.90 Å². The molecule has 5 heteroatoms. The number of carboxylic acids is 1. The van der Waals surface area contributed by atoms with Gasteiger partial charge in [-0.25, -0.2) is 9.78 Å². The summed E-state index contributed by atoms with van der Waals surface area (Å²) >= 11 is 3.47. The molecule has 0 spiro atoms. The molecule has 0 unspecified atom stereocenters. The molecule has 0 aliphatic carbocycles. The molecule has 0 saturated heterocycles. The Labute approximate surface area is 105 Å². The SMILES string of the molecule is O=C(O)c1cn2c(ccc3cccc(Br)c32)n1. The summed E-state index contributed by atoms with van der Waals surface area (Å²) in [6.45, 7) is 0. The zero-order valence-electron chi connectivity index (χ0n) is 8.59. The maximum absolute atomic E-state index is 10.9. The van der Waals surface area contributed by atoms with Crippen LogP contribution >= 0.6 is 15.9 Å². The van der Waals surface area contributed by atoms with Crippen molar-refractivity contribution in [2.75, 3.05) is 0 Å². The van der Waals surface area contributed by atoms with Crippen molar-refractivity contribution in [2.24, 2.45) is 0 Å². The maximum atomic E-state index is 10.9. The van der Waals surface area contributed by atoms with Gasteiger partial charge in [0.2, 0.25) is 0 Å². The molecule has 84 valence electrons. The smallest absolute Gasteiger partial charge is 0.356 e. The molecule has 0 bridgehead atoms. The number of aromatic nitrogens is 2. The summed E-state index contributed by atoms with van der Waals surface area (Å²) in [4.78, 5) is 15.0. The average molecular weight is 291 g/mol. The van der Waals surface area contributed by atoms with E-state index in [9.17, 15) is 4.79 Å². The fourth-order valence-corrected chi connectivity index (χ4v) is 2.45. The summed E-state index contributed by atoms with van der Waals surface area (Å²) < 4.78 is 2.69. The number of rotatable bonds is 1. The first-order valence-corrected chi connectivity index (χ1v) is 5.76. The van der Waals surface area contributed by atoms with Crippen LogP contribution in [0.2, 0.25) is 0 Å². The van der Waals surface area contributed by atoms with E-state index in [1.807, 2.05) is 24.3 Å². The summed E-state index contributed by atoms with van der Waals surface area (Å²) in [6.07, 6.45) is 1.53. The zero-order chi connectivity index (χ0) is 12.0. The lowest BCUT2D eigenvalue weighted by molar-refractivity contribution is 0.0691. The Morgan fingerprint density at radius 2 is 2.12 bits per heavy atom. The van der Waals surface area contributed by atoms with Crippen LogP contribution < -0.4 is 0 Å². The molecule has 3 rings (SSSR count).